The van der Waals surface area contributed by atoms with Crippen molar-refractivity contribution in [2.75, 3.05) is 18.8 Å². The van der Waals surface area contributed by atoms with Crippen LogP contribution in [0.25, 0.3) is 0 Å². The van der Waals surface area contributed by atoms with E-state index >= 15 is 0 Å². The Balaban J connectivity index is 2.75. The maximum absolute atomic E-state index is 12.1. The molecule has 1 unspecified atom stereocenters. The molecule has 2 N–H and O–H groups in total. The van der Waals surface area contributed by atoms with E-state index in [4.69, 9.17) is 5.73 Å². The van der Waals surface area contributed by atoms with E-state index < -0.39 is 0 Å². The zero-order valence-electron chi connectivity index (χ0n) is 10.7. The zero-order chi connectivity index (χ0) is 12.8. The van der Waals surface area contributed by atoms with Crippen LogP contribution in [0.2, 0.25) is 0 Å². The third-order valence-electron chi connectivity index (χ3n) is 2.80. The van der Waals surface area contributed by atoms with Gasteiger partial charge in [-0.25, -0.2) is 0 Å². The summed E-state index contributed by atoms with van der Waals surface area (Å²) < 4.78 is 0. The largest absolute Gasteiger partial charge is 0.382 e. The molecule has 0 aliphatic rings. The van der Waals surface area contributed by atoms with Crippen molar-refractivity contribution in [3.63, 3.8) is 0 Å². The second-order valence-corrected chi connectivity index (χ2v) is 4.20. The molecule has 17 heavy (non-hydrogen) atoms. The fraction of sp³-hybridized carbons (Fsp3) is 0.583. The van der Waals surface area contributed by atoms with Crippen molar-refractivity contribution in [3.05, 3.63) is 17.8 Å². The van der Waals surface area contributed by atoms with E-state index in [-0.39, 0.29) is 5.91 Å². The quantitative estimate of drug-likeness (QED) is 0.842. The van der Waals surface area contributed by atoms with Gasteiger partial charge in [0.05, 0.1) is 0 Å². The molecule has 5 heteroatoms. The van der Waals surface area contributed by atoms with Gasteiger partial charge in [-0.1, -0.05) is 20.3 Å². The number of carbonyl (C=O) groups excluding carboxylic acids is 1. The normalized spacial score (nSPS) is 12.2. The van der Waals surface area contributed by atoms with E-state index in [1.165, 1.54) is 0 Å². The highest BCUT2D eigenvalue weighted by Crippen LogP contribution is 2.08. The second kappa shape index (κ2) is 6.18. The molecule has 0 saturated carbocycles. The fourth-order valence-corrected chi connectivity index (χ4v) is 1.48. The Kier molecular flexibility index (Phi) is 4.87. The minimum atomic E-state index is -0.0831. The summed E-state index contributed by atoms with van der Waals surface area (Å²) in [6, 6.07) is 3.21. The number of hydrogen-bond donors (Lipinski definition) is 1. The number of nitrogens with two attached hydrogens (primary N) is 1. The van der Waals surface area contributed by atoms with Crippen LogP contribution in [0.5, 0.6) is 0 Å². The van der Waals surface area contributed by atoms with E-state index in [0.29, 0.717) is 24.0 Å². The molecule has 0 bridgehead atoms. The lowest BCUT2D eigenvalue weighted by Gasteiger charge is -2.23. The SMILES string of the molecule is CCC(C)CN(CC)C(=O)c1ccc(N)nn1. The summed E-state index contributed by atoms with van der Waals surface area (Å²) in [5.41, 5.74) is 5.79. The first-order valence-electron chi connectivity index (χ1n) is 5.96. The van der Waals surface area contributed by atoms with Crippen LogP contribution in [0.4, 0.5) is 5.82 Å². The lowest BCUT2D eigenvalue weighted by Crippen LogP contribution is -2.35. The summed E-state index contributed by atoms with van der Waals surface area (Å²) in [6.07, 6.45) is 1.05. The molecule has 0 spiro atoms. The molecule has 0 aliphatic carbocycles. The zero-order valence-corrected chi connectivity index (χ0v) is 10.7. The molecule has 0 aliphatic heterocycles. The molecule has 1 aromatic heterocycles. The molecule has 5 nitrogen and oxygen atoms in total. The van der Waals surface area contributed by atoms with Crippen LogP contribution in [0.15, 0.2) is 12.1 Å². The maximum atomic E-state index is 12.1. The first-order chi connectivity index (χ1) is 8.08. The lowest BCUT2D eigenvalue weighted by molar-refractivity contribution is 0.0734. The van der Waals surface area contributed by atoms with Crippen LogP contribution in [0, 0.1) is 5.92 Å². The molecule has 94 valence electrons. The van der Waals surface area contributed by atoms with Crippen molar-refractivity contribution in [1.82, 2.24) is 15.1 Å². The Morgan fingerprint density at radius 3 is 2.59 bits per heavy atom. The van der Waals surface area contributed by atoms with Gasteiger partial charge in [-0.05, 0) is 25.0 Å². The van der Waals surface area contributed by atoms with E-state index in [9.17, 15) is 4.79 Å². The third kappa shape index (κ3) is 3.69. The van der Waals surface area contributed by atoms with Crippen molar-refractivity contribution in [3.8, 4) is 0 Å². The minimum absolute atomic E-state index is 0.0831. The summed E-state index contributed by atoms with van der Waals surface area (Å²) in [5.74, 6) is 0.729. The molecule has 1 heterocycles. The Labute approximate surface area is 102 Å². The van der Waals surface area contributed by atoms with Crippen molar-refractivity contribution >= 4 is 11.7 Å². The Hall–Kier alpha value is -1.65. The van der Waals surface area contributed by atoms with Crippen LogP contribution < -0.4 is 5.73 Å². The number of carbonyl (C=O) groups is 1. The van der Waals surface area contributed by atoms with Gasteiger partial charge < -0.3 is 10.6 Å². The number of aromatic nitrogens is 2. The Bertz CT molecular complexity index is 363. The predicted octanol–water partition coefficient (Wildman–Crippen LogP) is 1.57. The van der Waals surface area contributed by atoms with E-state index in [1.807, 2.05) is 6.92 Å². The van der Waals surface area contributed by atoms with E-state index in [2.05, 4.69) is 24.0 Å². The highest BCUT2D eigenvalue weighted by Gasteiger charge is 2.17. The van der Waals surface area contributed by atoms with Gasteiger partial charge in [0, 0.05) is 13.1 Å². The van der Waals surface area contributed by atoms with E-state index in [1.54, 1.807) is 17.0 Å². The van der Waals surface area contributed by atoms with Gasteiger partial charge in [-0.3, -0.25) is 4.79 Å². The number of rotatable bonds is 5. The highest BCUT2D eigenvalue weighted by atomic mass is 16.2. The summed E-state index contributed by atoms with van der Waals surface area (Å²) in [5, 5.41) is 7.51. The molecular weight excluding hydrogens is 216 g/mol. The highest BCUT2D eigenvalue weighted by molar-refractivity contribution is 5.92. The fourth-order valence-electron chi connectivity index (χ4n) is 1.48. The number of amides is 1. The topological polar surface area (TPSA) is 72.1 Å². The molecule has 0 radical (unpaired) electrons. The van der Waals surface area contributed by atoms with Crippen LogP contribution in [-0.4, -0.2) is 34.1 Å². The Morgan fingerprint density at radius 2 is 2.12 bits per heavy atom. The van der Waals surface area contributed by atoms with Crippen molar-refractivity contribution in [1.29, 1.82) is 0 Å². The number of nitrogen functional groups attached to an aromatic ring is 1. The lowest BCUT2D eigenvalue weighted by atomic mass is 10.1. The first-order valence-corrected chi connectivity index (χ1v) is 5.96. The Morgan fingerprint density at radius 1 is 1.41 bits per heavy atom. The molecule has 0 fully saturated rings. The van der Waals surface area contributed by atoms with Gasteiger partial charge in [0.1, 0.15) is 5.82 Å². The average Bonchev–Trinajstić information content (AvgIpc) is 2.35. The monoisotopic (exact) mass is 236 g/mol. The molecular formula is C12H20N4O. The van der Waals surface area contributed by atoms with Crippen molar-refractivity contribution in [2.24, 2.45) is 5.92 Å². The average molecular weight is 236 g/mol. The summed E-state index contributed by atoms with van der Waals surface area (Å²) in [7, 11) is 0. The molecule has 0 aromatic carbocycles. The second-order valence-electron chi connectivity index (χ2n) is 4.20. The first kappa shape index (κ1) is 13.4. The van der Waals surface area contributed by atoms with Gasteiger partial charge in [-0.15, -0.1) is 10.2 Å². The van der Waals surface area contributed by atoms with Crippen LogP contribution in [0.1, 0.15) is 37.7 Å². The molecule has 0 saturated heterocycles. The maximum Gasteiger partial charge on any atom is 0.274 e. The van der Waals surface area contributed by atoms with Crippen LogP contribution in [0.3, 0.4) is 0 Å². The summed E-state index contributed by atoms with van der Waals surface area (Å²) in [6.45, 7) is 7.63. The van der Waals surface area contributed by atoms with Crippen molar-refractivity contribution < 1.29 is 4.79 Å². The van der Waals surface area contributed by atoms with Gasteiger partial charge in [0.2, 0.25) is 0 Å². The smallest absolute Gasteiger partial charge is 0.274 e. The van der Waals surface area contributed by atoms with Gasteiger partial charge in [-0.2, -0.15) is 0 Å². The van der Waals surface area contributed by atoms with Crippen LogP contribution in [-0.2, 0) is 0 Å². The summed E-state index contributed by atoms with van der Waals surface area (Å²) in [4.78, 5) is 13.9. The predicted molar refractivity (Wildman–Crippen MR) is 67.5 cm³/mol. The standard InChI is InChI=1S/C12H20N4O/c1-4-9(3)8-16(5-2)12(17)10-6-7-11(13)15-14-10/h6-7,9H,4-5,8H2,1-3H3,(H2,13,15). The molecule has 1 aromatic rings. The molecule has 1 atom stereocenters. The molecule has 1 amide bonds. The third-order valence-corrected chi connectivity index (χ3v) is 2.80. The van der Waals surface area contributed by atoms with Gasteiger partial charge >= 0.3 is 0 Å². The van der Waals surface area contributed by atoms with Gasteiger partial charge in [0.25, 0.3) is 5.91 Å². The number of hydrogen-bond acceptors (Lipinski definition) is 4. The van der Waals surface area contributed by atoms with E-state index in [0.717, 1.165) is 13.0 Å². The van der Waals surface area contributed by atoms with Crippen molar-refractivity contribution in [2.45, 2.75) is 27.2 Å². The molecule has 1 rings (SSSR count). The minimum Gasteiger partial charge on any atom is -0.382 e. The number of anilines is 1. The van der Waals surface area contributed by atoms with Gasteiger partial charge in [0.15, 0.2) is 5.69 Å². The summed E-state index contributed by atoms with van der Waals surface area (Å²) >= 11 is 0. The number of nitrogens with zero attached hydrogens (tertiary/aromatic N) is 3. The van der Waals surface area contributed by atoms with Crippen LogP contribution >= 0.6 is 0 Å².